The average molecular weight is 256 g/mol. The average Bonchev–Trinajstić information content (AvgIpc) is 2.81. The number of hydrogen-bond acceptors (Lipinski definition) is 3. The Morgan fingerprint density at radius 2 is 2.11 bits per heavy atom. The number of nitrogens with zero attached hydrogens (tertiary/aromatic N) is 1. The van der Waals surface area contributed by atoms with Crippen LogP contribution >= 0.6 is 0 Å². The summed E-state index contributed by atoms with van der Waals surface area (Å²) in [5.74, 6) is 0.749. The molecule has 18 heavy (non-hydrogen) atoms. The van der Waals surface area contributed by atoms with Crippen LogP contribution in [0.3, 0.4) is 0 Å². The van der Waals surface area contributed by atoms with E-state index in [1.165, 1.54) is 45.3 Å². The molecule has 0 amide bonds. The van der Waals surface area contributed by atoms with E-state index in [1.54, 1.807) is 0 Å². The summed E-state index contributed by atoms with van der Waals surface area (Å²) in [5, 5.41) is 3.58. The summed E-state index contributed by atoms with van der Waals surface area (Å²) >= 11 is 0. The second-order valence-corrected chi connectivity index (χ2v) is 5.89. The molecular formula is C15H32N2O. The van der Waals surface area contributed by atoms with Crippen molar-refractivity contribution in [3.05, 3.63) is 0 Å². The highest BCUT2D eigenvalue weighted by atomic mass is 16.5. The van der Waals surface area contributed by atoms with E-state index in [0.29, 0.717) is 6.04 Å². The van der Waals surface area contributed by atoms with Crippen LogP contribution in [0.2, 0.25) is 0 Å². The molecule has 3 heteroatoms. The molecule has 1 heterocycles. The van der Waals surface area contributed by atoms with Crippen LogP contribution in [0.4, 0.5) is 0 Å². The summed E-state index contributed by atoms with van der Waals surface area (Å²) in [6.45, 7) is 13.2. The Balaban J connectivity index is 2.08. The highest BCUT2D eigenvalue weighted by Crippen LogP contribution is 2.07. The van der Waals surface area contributed by atoms with Crippen LogP contribution in [0.5, 0.6) is 0 Å². The lowest BCUT2D eigenvalue weighted by Gasteiger charge is -2.25. The first-order valence-electron chi connectivity index (χ1n) is 7.75. The third-order valence-corrected chi connectivity index (χ3v) is 3.57. The predicted octanol–water partition coefficient (Wildman–Crippen LogP) is 2.51. The fourth-order valence-corrected chi connectivity index (χ4v) is 2.45. The van der Waals surface area contributed by atoms with Gasteiger partial charge in [-0.2, -0.15) is 0 Å². The highest BCUT2D eigenvalue weighted by molar-refractivity contribution is 4.77. The lowest BCUT2D eigenvalue weighted by atomic mass is 10.1. The van der Waals surface area contributed by atoms with Crippen LogP contribution in [0.25, 0.3) is 0 Å². The van der Waals surface area contributed by atoms with Crippen LogP contribution < -0.4 is 5.32 Å². The smallest absolute Gasteiger partial charge is 0.0593 e. The maximum Gasteiger partial charge on any atom is 0.0593 e. The first-order chi connectivity index (χ1) is 8.72. The maximum atomic E-state index is 5.72. The van der Waals surface area contributed by atoms with Crippen LogP contribution in [-0.4, -0.2) is 50.3 Å². The van der Waals surface area contributed by atoms with Gasteiger partial charge in [0.2, 0.25) is 0 Å². The molecule has 0 saturated carbocycles. The van der Waals surface area contributed by atoms with E-state index in [0.717, 1.165) is 25.7 Å². The normalized spacial score (nSPS) is 20.2. The Hall–Kier alpha value is -0.120. The predicted molar refractivity (Wildman–Crippen MR) is 78.0 cm³/mol. The summed E-state index contributed by atoms with van der Waals surface area (Å²) in [7, 11) is 0. The minimum Gasteiger partial charge on any atom is -0.380 e. The summed E-state index contributed by atoms with van der Waals surface area (Å²) < 4.78 is 5.72. The molecule has 1 aliphatic rings. The molecule has 1 N–H and O–H groups in total. The molecule has 1 unspecified atom stereocenters. The van der Waals surface area contributed by atoms with Crippen molar-refractivity contribution in [3.63, 3.8) is 0 Å². The molecule has 0 spiro atoms. The van der Waals surface area contributed by atoms with Crippen molar-refractivity contribution in [2.24, 2.45) is 5.92 Å². The van der Waals surface area contributed by atoms with Crippen LogP contribution in [0.15, 0.2) is 0 Å². The molecule has 0 bridgehead atoms. The monoisotopic (exact) mass is 256 g/mol. The lowest BCUT2D eigenvalue weighted by molar-refractivity contribution is 0.0933. The van der Waals surface area contributed by atoms with E-state index >= 15 is 0 Å². The molecule has 3 nitrogen and oxygen atoms in total. The van der Waals surface area contributed by atoms with E-state index in [4.69, 9.17) is 4.74 Å². The third-order valence-electron chi connectivity index (χ3n) is 3.57. The van der Waals surface area contributed by atoms with Gasteiger partial charge in [-0.15, -0.1) is 0 Å². The van der Waals surface area contributed by atoms with Crippen molar-refractivity contribution in [3.8, 4) is 0 Å². The van der Waals surface area contributed by atoms with Gasteiger partial charge in [-0.1, -0.05) is 20.8 Å². The zero-order chi connectivity index (χ0) is 13.2. The van der Waals surface area contributed by atoms with Gasteiger partial charge in [0.1, 0.15) is 0 Å². The first kappa shape index (κ1) is 15.9. The quantitative estimate of drug-likeness (QED) is 0.608. The number of ether oxygens (including phenoxy) is 1. The minimum absolute atomic E-state index is 0.715. The van der Waals surface area contributed by atoms with Gasteiger partial charge in [0, 0.05) is 25.7 Å². The van der Waals surface area contributed by atoms with Gasteiger partial charge < -0.3 is 10.1 Å². The Kier molecular flexibility index (Phi) is 8.64. The fraction of sp³-hybridized carbons (Fsp3) is 1.00. The van der Waals surface area contributed by atoms with Crippen LogP contribution in [0.1, 0.15) is 46.5 Å². The van der Waals surface area contributed by atoms with Gasteiger partial charge >= 0.3 is 0 Å². The Bertz CT molecular complexity index is 191. The van der Waals surface area contributed by atoms with Crippen molar-refractivity contribution >= 4 is 0 Å². The van der Waals surface area contributed by atoms with Gasteiger partial charge in [-0.05, 0) is 44.7 Å². The molecule has 108 valence electrons. The first-order valence-corrected chi connectivity index (χ1v) is 7.75. The van der Waals surface area contributed by atoms with E-state index in [2.05, 4.69) is 31.0 Å². The van der Waals surface area contributed by atoms with Crippen molar-refractivity contribution < 1.29 is 4.74 Å². The number of nitrogens with one attached hydrogen (secondary N) is 1. The Labute approximate surface area is 113 Å². The van der Waals surface area contributed by atoms with Crippen LogP contribution in [0, 0.1) is 5.92 Å². The van der Waals surface area contributed by atoms with Crippen molar-refractivity contribution in [2.75, 3.05) is 39.4 Å². The van der Waals surface area contributed by atoms with Gasteiger partial charge in [-0.3, -0.25) is 4.90 Å². The molecule has 1 rings (SSSR count). The standard InChI is InChI=1S/C15H32N2O/c1-4-9-17(13-15-6-5-8-16-15)10-12-18-11-7-14(2)3/h14-16H,4-13H2,1-3H3. The molecule has 1 atom stereocenters. The zero-order valence-electron chi connectivity index (χ0n) is 12.6. The zero-order valence-corrected chi connectivity index (χ0v) is 12.6. The van der Waals surface area contributed by atoms with Crippen molar-refractivity contribution in [2.45, 2.75) is 52.5 Å². The fourth-order valence-electron chi connectivity index (χ4n) is 2.45. The summed E-state index contributed by atoms with van der Waals surface area (Å²) in [5.41, 5.74) is 0. The van der Waals surface area contributed by atoms with Gasteiger partial charge in [0.15, 0.2) is 0 Å². The maximum absolute atomic E-state index is 5.72. The second kappa shape index (κ2) is 9.76. The molecule has 0 aromatic rings. The largest absolute Gasteiger partial charge is 0.380 e. The lowest BCUT2D eigenvalue weighted by Crippen LogP contribution is -2.39. The summed E-state index contributed by atoms with van der Waals surface area (Å²) in [6.07, 6.45) is 5.10. The summed E-state index contributed by atoms with van der Waals surface area (Å²) in [6, 6.07) is 0.715. The van der Waals surface area contributed by atoms with Gasteiger partial charge in [0.25, 0.3) is 0 Å². The highest BCUT2D eigenvalue weighted by Gasteiger charge is 2.17. The number of hydrogen-bond donors (Lipinski definition) is 1. The van der Waals surface area contributed by atoms with E-state index in [-0.39, 0.29) is 0 Å². The molecule has 1 aliphatic heterocycles. The molecule has 0 aliphatic carbocycles. The van der Waals surface area contributed by atoms with Crippen LogP contribution in [-0.2, 0) is 4.74 Å². The number of rotatable bonds is 10. The topological polar surface area (TPSA) is 24.5 Å². The van der Waals surface area contributed by atoms with E-state index in [9.17, 15) is 0 Å². The molecule has 0 radical (unpaired) electrons. The van der Waals surface area contributed by atoms with Crippen molar-refractivity contribution in [1.29, 1.82) is 0 Å². The molecule has 0 aromatic heterocycles. The Morgan fingerprint density at radius 1 is 1.28 bits per heavy atom. The second-order valence-electron chi connectivity index (χ2n) is 5.89. The minimum atomic E-state index is 0.715. The van der Waals surface area contributed by atoms with E-state index in [1.807, 2.05) is 0 Å². The van der Waals surface area contributed by atoms with E-state index < -0.39 is 0 Å². The molecular weight excluding hydrogens is 224 g/mol. The molecule has 1 fully saturated rings. The third kappa shape index (κ3) is 7.34. The summed E-state index contributed by atoms with van der Waals surface area (Å²) in [4.78, 5) is 2.55. The Morgan fingerprint density at radius 3 is 2.72 bits per heavy atom. The molecule has 0 aromatic carbocycles. The molecule has 1 saturated heterocycles. The van der Waals surface area contributed by atoms with Gasteiger partial charge in [0.05, 0.1) is 6.61 Å². The van der Waals surface area contributed by atoms with Crippen molar-refractivity contribution in [1.82, 2.24) is 10.2 Å². The SMILES string of the molecule is CCCN(CCOCCC(C)C)CC1CCCN1. The van der Waals surface area contributed by atoms with Gasteiger partial charge in [-0.25, -0.2) is 0 Å².